The third kappa shape index (κ3) is 2.65. The van der Waals surface area contributed by atoms with E-state index < -0.39 is 0 Å². The Morgan fingerprint density at radius 1 is 1.59 bits per heavy atom. The monoisotopic (exact) mass is 270 g/mol. The maximum absolute atomic E-state index is 11.6. The van der Waals surface area contributed by atoms with Crippen LogP contribution in [0.2, 0.25) is 5.15 Å². The molecule has 2 aromatic rings. The summed E-state index contributed by atoms with van der Waals surface area (Å²) in [6.07, 6.45) is 0. The highest BCUT2D eigenvalue weighted by Gasteiger charge is 2.10. The molecule has 1 N–H and O–H groups in total. The van der Waals surface area contributed by atoms with Crippen LogP contribution in [-0.2, 0) is 6.54 Å². The minimum Gasteiger partial charge on any atom is -0.365 e. The Morgan fingerprint density at radius 2 is 2.35 bits per heavy atom. The molecule has 0 saturated heterocycles. The SMILES string of the molecule is Cc1ncsc1CN(C)c1cc(Cl)n[nH]c1=O. The molecule has 7 heteroatoms. The first-order valence-electron chi connectivity index (χ1n) is 4.93. The van der Waals surface area contributed by atoms with Crippen molar-refractivity contribution in [2.75, 3.05) is 11.9 Å². The number of aromatic nitrogens is 3. The molecule has 2 heterocycles. The molecule has 17 heavy (non-hydrogen) atoms. The summed E-state index contributed by atoms with van der Waals surface area (Å²) in [5.74, 6) is 0. The highest BCUT2D eigenvalue weighted by Crippen LogP contribution is 2.18. The summed E-state index contributed by atoms with van der Waals surface area (Å²) in [5.41, 5.74) is 3.03. The van der Waals surface area contributed by atoms with E-state index in [9.17, 15) is 4.79 Å². The molecule has 0 bridgehead atoms. The molecule has 0 amide bonds. The van der Waals surface area contributed by atoms with Gasteiger partial charge in [-0.2, -0.15) is 5.10 Å². The second-order valence-corrected chi connectivity index (χ2v) is 4.95. The number of aryl methyl sites for hydroxylation is 1. The summed E-state index contributed by atoms with van der Waals surface area (Å²) in [6.45, 7) is 2.57. The van der Waals surface area contributed by atoms with Crippen LogP contribution < -0.4 is 10.5 Å². The largest absolute Gasteiger partial charge is 0.365 e. The molecule has 0 aliphatic rings. The summed E-state index contributed by atoms with van der Waals surface area (Å²) in [4.78, 5) is 18.7. The van der Waals surface area contributed by atoms with Gasteiger partial charge in [0.1, 0.15) is 5.69 Å². The predicted molar refractivity (Wildman–Crippen MR) is 68.8 cm³/mol. The number of thiazole rings is 1. The van der Waals surface area contributed by atoms with Gasteiger partial charge in [-0.3, -0.25) is 4.79 Å². The van der Waals surface area contributed by atoms with Gasteiger partial charge in [0.25, 0.3) is 5.56 Å². The Morgan fingerprint density at radius 3 is 3.00 bits per heavy atom. The number of aromatic amines is 1. The van der Waals surface area contributed by atoms with Gasteiger partial charge >= 0.3 is 0 Å². The molecule has 0 atom stereocenters. The van der Waals surface area contributed by atoms with Crippen LogP contribution in [0.25, 0.3) is 0 Å². The average molecular weight is 271 g/mol. The minimum absolute atomic E-state index is 0.251. The van der Waals surface area contributed by atoms with Crippen molar-refractivity contribution in [2.45, 2.75) is 13.5 Å². The maximum atomic E-state index is 11.6. The van der Waals surface area contributed by atoms with Crippen LogP contribution in [0.15, 0.2) is 16.4 Å². The second kappa shape index (κ2) is 4.85. The number of nitrogens with one attached hydrogen (secondary N) is 1. The zero-order valence-corrected chi connectivity index (χ0v) is 11.0. The van der Waals surface area contributed by atoms with Crippen molar-refractivity contribution in [3.8, 4) is 0 Å². The summed E-state index contributed by atoms with van der Waals surface area (Å²) < 4.78 is 0. The third-order valence-electron chi connectivity index (χ3n) is 2.39. The van der Waals surface area contributed by atoms with Crippen molar-refractivity contribution in [2.24, 2.45) is 0 Å². The molecule has 0 aliphatic heterocycles. The van der Waals surface area contributed by atoms with Crippen LogP contribution >= 0.6 is 22.9 Å². The fraction of sp³-hybridized carbons (Fsp3) is 0.300. The molecule has 90 valence electrons. The van der Waals surface area contributed by atoms with Crippen molar-refractivity contribution in [1.29, 1.82) is 0 Å². The Balaban J connectivity index is 2.26. The van der Waals surface area contributed by atoms with E-state index in [1.165, 1.54) is 0 Å². The molecule has 0 radical (unpaired) electrons. The molecule has 0 fully saturated rings. The number of anilines is 1. The average Bonchev–Trinajstić information content (AvgIpc) is 2.68. The Kier molecular flexibility index (Phi) is 3.44. The van der Waals surface area contributed by atoms with Crippen LogP contribution in [0.5, 0.6) is 0 Å². The summed E-state index contributed by atoms with van der Waals surface area (Å²) in [7, 11) is 1.83. The van der Waals surface area contributed by atoms with Gasteiger partial charge in [-0.1, -0.05) is 11.6 Å². The molecule has 0 aliphatic carbocycles. The smallest absolute Gasteiger partial charge is 0.287 e. The highest BCUT2D eigenvalue weighted by atomic mass is 35.5. The van der Waals surface area contributed by atoms with Crippen LogP contribution in [-0.4, -0.2) is 22.2 Å². The first-order chi connectivity index (χ1) is 8.08. The van der Waals surface area contributed by atoms with Crippen molar-refractivity contribution in [3.05, 3.63) is 37.7 Å². The normalized spacial score (nSPS) is 10.5. The second-order valence-electron chi connectivity index (χ2n) is 3.62. The van der Waals surface area contributed by atoms with Crippen molar-refractivity contribution in [1.82, 2.24) is 15.2 Å². The van der Waals surface area contributed by atoms with Crippen LogP contribution in [0.4, 0.5) is 5.69 Å². The molecule has 2 rings (SSSR count). The zero-order chi connectivity index (χ0) is 12.4. The number of halogens is 1. The predicted octanol–water partition coefficient (Wildman–Crippen LogP) is 1.82. The number of rotatable bonds is 3. The minimum atomic E-state index is -0.251. The summed E-state index contributed by atoms with van der Waals surface area (Å²) >= 11 is 7.33. The Bertz CT molecular complexity index is 580. The molecular formula is C10H11ClN4OS. The van der Waals surface area contributed by atoms with E-state index in [0.717, 1.165) is 10.6 Å². The Labute approximate surface area is 107 Å². The van der Waals surface area contributed by atoms with Crippen molar-refractivity contribution < 1.29 is 0 Å². The van der Waals surface area contributed by atoms with Crippen molar-refractivity contribution in [3.63, 3.8) is 0 Å². The van der Waals surface area contributed by atoms with E-state index in [1.54, 1.807) is 22.9 Å². The molecular weight excluding hydrogens is 260 g/mol. The number of hydrogen-bond acceptors (Lipinski definition) is 5. The lowest BCUT2D eigenvalue weighted by Crippen LogP contribution is -2.24. The fourth-order valence-electron chi connectivity index (χ4n) is 1.43. The van der Waals surface area contributed by atoms with Gasteiger partial charge in [0.2, 0.25) is 0 Å². The molecule has 0 spiro atoms. The molecule has 5 nitrogen and oxygen atoms in total. The first-order valence-corrected chi connectivity index (χ1v) is 6.19. The fourth-order valence-corrected chi connectivity index (χ4v) is 2.41. The number of hydrogen-bond donors (Lipinski definition) is 1. The van der Waals surface area contributed by atoms with Gasteiger partial charge in [0.05, 0.1) is 17.7 Å². The van der Waals surface area contributed by atoms with E-state index >= 15 is 0 Å². The molecule has 2 aromatic heterocycles. The molecule has 0 saturated carbocycles. The van der Waals surface area contributed by atoms with Gasteiger partial charge in [0.15, 0.2) is 5.15 Å². The zero-order valence-electron chi connectivity index (χ0n) is 9.40. The lowest BCUT2D eigenvalue weighted by Gasteiger charge is -2.17. The van der Waals surface area contributed by atoms with E-state index in [2.05, 4.69) is 15.2 Å². The summed E-state index contributed by atoms with van der Waals surface area (Å²) in [5, 5.41) is 6.25. The topological polar surface area (TPSA) is 61.9 Å². The Hall–Kier alpha value is -1.40. The lowest BCUT2D eigenvalue weighted by molar-refractivity contribution is 0.889. The van der Waals surface area contributed by atoms with Crippen molar-refractivity contribution >= 4 is 28.6 Å². The van der Waals surface area contributed by atoms with Crippen LogP contribution in [0.1, 0.15) is 10.6 Å². The van der Waals surface area contributed by atoms with Gasteiger partial charge < -0.3 is 4.90 Å². The molecule has 0 unspecified atom stereocenters. The quantitative estimate of drug-likeness (QED) is 0.924. The van der Waals surface area contributed by atoms with Crippen LogP contribution in [0.3, 0.4) is 0 Å². The van der Waals surface area contributed by atoms with Gasteiger partial charge in [-0.15, -0.1) is 11.3 Å². The van der Waals surface area contributed by atoms with E-state index in [1.807, 2.05) is 18.9 Å². The van der Waals surface area contributed by atoms with E-state index in [-0.39, 0.29) is 10.7 Å². The van der Waals surface area contributed by atoms with Crippen LogP contribution in [0, 0.1) is 6.92 Å². The number of H-pyrrole nitrogens is 1. The summed E-state index contributed by atoms with van der Waals surface area (Å²) in [6, 6.07) is 1.55. The van der Waals surface area contributed by atoms with Gasteiger partial charge in [-0.25, -0.2) is 10.1 Å². The third-order valence-corrected chi connectivity index (χ3v) is 3.50. The maximum Gasteiger partial charge on any atom is 0.287 e. The van der Waals surface area contributed by atoms with E-state index in [0.29, 0.717) is 12.2 Å². The highest BCUT2D eigenvalue weighted by molar-refractivity contribution is 7.09. The number of nitrogens with zero attached hydrogens (tertiary/aromatic N) is 3. The standard InChI is InChI=1S/C10H11ClN4OS/c1-6-8(17-5-12-6)4-15(2)7-3-9(11)13-14-10(7)16/h3,5H,4H2,1-2H3,(H,14,16). The molecule has 0 aromatic carbocycles. The van der Waals surface area contributed by atoms with Gasteiger partial charge in [-0.05, 0) is 6.92 Å². The van der Waals surface area contributed by atoms with Gasteiger partial charge in [0, 0.05) is 18.0 Å². The van der Waals surface area contributed by atoms with E-state index in [4.69, 9.17) is 11.6 Å². The first kappa shape index (κ1) is 12.1. The lowest BCUT2D eigenvalue weighted by atomic mass is 10.3.